The third-order valence-electron chi connectivity index (χ3n) is 2.55. The van der Waals surface area contributed by atoms with Crippen molar-refractivity contribution in [1.82, 2.24) is 0 Å². The van der Waals surface area contributed by atoms with Gasteiger partial charge in [-0.2, -0.15) is 0 Å². The van der Waals surface area contributed by atoms with E-state index in [1.54, 1.807) is 18.2 Å². The maximum absolute atomic E-state index is 11.7. The Kier molecular flexibility index (Phi) is 2.50. The van der Waals surface area contributed by atoms with Crippen LogP contribution in [-0.2, 0) is 4.74 Å². The average Bonchev–Trinajstić information content (AvgIpc) is 2.18. The highest BCUT2D eigenvalue weighted by molar-refractivity contribution is 5.93. The first-order valence-corrected chi connectivity index (χ1v) is 5.24. The number of cyclic esters (lactones) is 1. The molecule has 0 unspecified atom stereocenters. The highest BCUT2D eigenvalue weighted by Crippen LogP contribution is 2.29. The third kappa shape index (κ3) is 2.10. The SMILES string of the molecule is CC1(C)CCOC(=O)c2cc(N)ccc2O1. The minimum Gasteiger partial charge on any atom is -0.487 e. The molecule has 0 spiro atoms. The summed E-state index contributed by atoms with van der Waals surface area (Å²) in [6, 6.07) is 5.00. The van der Waals surface area contributed by atoms with E-state index in [4.69, 9.17) is 15.2 Å². The first kappa shape index (κ1) is 10.8. The number of hydrogen-bond donors (Lipinski definition) is 1. The summed E-state index contributed by atoms with van der Waals surface area (Å²) in [5, 5.41) is 0. The van der Waals surface area contributed by atoms with E-state index in [2.05, 4.69) is 0 Å². The van der Waals surface area contributed by atoms with Gasteiger partial charge in [0, 0.05) is 12.1 Å². The molecule has 0 radical (unpaired) electrons. The van der Waals surface area contributed by atoms with E-state index < -0.39 is 0 Å². The number of carbonyl (C=O) groups is 1. The van der Waals surface area contributed by atoms with Crippen molar-refractivity contribution in [1.29, 1.82) is 0 Å². The molecule has 0 atom stereocenters. The standard InChI is InChI=1S/C12H15NO3/c1-12(2)5-6-15-11(14)9-7-8(13)3-4-10(9)16-12/h3-4,7H,5-6,13H2,1-2H3. The van der Waals surface area contributed by atoms with Crippen LogP contribution in [-0.4, -0.2) is 18.2 Å². The van der Waals surface area contributed by atoms with Gasteiger partial charge in [-0.15, -0.1) is 0 Å². The number of nitrogen functional groups attached to an aromatic ring is 1. The van der Waals surface area contributed by atoms with Gasteiger partial charge in [0.2, 0.25) is 0 Å². The minimum atomic E-state index is -0.377. The molecule has 86 valence electrons. The van der Waals surface area contributed by atoms with Gasteiger partial charge in [0.1, 0.15) is 16.9 Å². The second kappa shape index (κ2) is 3.70. The number of anilines is 1. The monoisotopic (exact) mass is 221 g/mol. The molecule has 0 saturated carbocycles. The highest BCUT2D eigenvalue weighted by Gasteiger charge is 2.27. The predicted molar refractivity (Wildman–Crippen MR) is 60.5 cm³/mol. The second-order valence-corrected chi connectivity index (χ2v) is 4.50. The average molecular weight is 221 g/mol. The molecule has 1 aromatic rings. The van der Waals surface area contributed by atoms with E-state index in [9.17, 15) is 4.79 Å². The zero-order valence-electron chi connectivity index (χ0n) is 9.45. The van der Waals surface area contributed by atoms with Crippen LogP contribution in [0.2, 0.25) is 0 Å². The van der Waals surface area contributed by atoms with Crippen LogP contribution < -0.4 is 10.5 Å². The Balaban J connectivity index is 2.45. The van der Waals surface area contributed by atoms with Crippen molar-refractivity contribution < 1.29 is 14.3 Å². The van der Waals surface area contributed by atoms with E-state index >= 15 is 0 Å². The Morgan fingerprint density at radius 1 is 1.38 bits per heavy atom. The summed E-state index contributed by atoms with van der Waals surface area (Å²) in [5.41, 5.74) is 6.22. The van der Waals surface area contributed by atoms with Gasteiger partial charge < -0.3 is 15.2 Å². The van der Waals surface area contributed by atoms with Crippen LogP contribution in [0.1, 0.15) is 30.6 Å². The van der Waals surface area contributed by atoms with Gasteiger partial charge in [-0.05, 0) is 32.0 Å². The maximum Gasteiger partial charge on any atom is 0.341 e. The Morgan fingerprint density at radius 3 is 2.88 bits per heavy atom. The lowest BCUT2D eigenvalue weighted by molar-refractivity contribution is 0.0240. The van der Waals surface area contributed by atoms with Crippen LogP contribution in [0.15, 0.2) is 18.2 Å². The molecule has 0 amide bonds. The number of esters is 1. The first-order valence-electron chi connectivity index (χ1n) is 5.24. The molecule has 0 aromatic heterocycles. The van der Waals surface area contributed by atoms with Crippen molar-refractivity contribution in [3.63, 3.8) is 0 Å². The molecular weight excluding hydrogens is 206 g/mol. The van der Waals surface area contributed by atoms with Crippen LogP contribution in [0.3, 0.4) is 0 Å². The normalized spacial score (nSPS) is 18.8. The number of nitrogens with two attached hydrogens (primary N) is 1. The number of carbonyl (C=O) groups excluding carboxylic acids is 1. The Hall–Kier alpha value is -1.71. The van der Waals surface area contributed by atoms with Gasteiger partial charge in [0.05, 0.1) is 6.61 Å². The fraction of sp³-hybridized carbons (Fsp3) is 0.417. The fourth-order valence-corrected chi connectivity index (χ4v) is 1.61. The van der Waals surface area contributed by atoms with E-state index in [0.29, 0.717) is 30.0 Å². The number of hydrogen-bond acceptors (Lipinski definition) is 4. The Bertz CT molecular complexity index is 426. The summed E-state index contributed by atoms with van der Waals surface area (Å²) < 4.78 is 10.9. The van der Waals surface area contributed by atoms with E-state index in [0.717, 1.165) is 0 Å². The van der Waals surface area contributed by atoms with Crippen molar-refractivity contribution in [2.45, 2.75) is 25.9 Å². The summed E-state index contributed by atoms with van der Waals surface area (Å²) in [6.45, 7) is 4.29. The molecule has 0 fully saturated rings. The fourth-order valence-electron chi connectivity index (χ4n) is 1.61. The number of fused-ring (bicyclic) bond motifs is 1. The smallest absolute Gasteiger partial charge is 0.341 e. The van der Waals surface area contributed by atoms with Crippen LogP contribution in [0.4, 0.5) is 5.69 Å². The van der Waals surface area contributed by atoms with Gasteiger partial charge >= 0.3 is 5.97 Å². The summed E-state index contributed by atoms with van der Waals surface area (Å²) in [6.07, 6.45) is 0.669. The highest BCUT2D eigenvalue weighted by atomic mass is 16.5. The molecule has 4 nitrogen and oxygen atoms in total. The summed E-state index contributed by atoms with van der Waals surface area (Å²) >= 11 is 0. The molecule has 1 aromatic carbocycles. The van der Waals surface area contributed by atoms with Crippen molar-refractivity contribution >= 4 is 11.7 Å². The molecule has 1 aliphatic rings. The Labute approximate surface area is 94.3 Å². The van der Waals surface area contributed by atoms with E-state index in [1.165, 1.54) is 0 Å². The van der Waals surface area contributed by atoms with Crippen LogP contribution >= 0.6 is 0 Å². The zero-order valence-corrected chi connectivity index (χ0v) is 9.45. The van der Waals surface area contributed by atoms with Crippen LogP contribution in [0.25, 0.3) is 0 Å². The van der Waals surface area contributed by atoms with Gasteiger partial charge in [0.25, 0.3) is 0 Å². The van der Waals surface area contributed by atoms with Crippen molar-refractivity contribution in [2.24, 2.45) is 0 Å². The number of benzene rings is 1. The summed E-state index contributed by atoms with van der Waals surface area (Å²) in [5.74, 6) is 0.154. The third-order valence-corrected chi connectivity index (χ3v) is 2.55. The van der Waals surface area contributed by atoms with Crippen LogP contribution in [0.5, 0.6) is 5.75 Å². The zero-order chi connectivity index (χ0) is 11.8. The molecule has 2 rings (SSSR count). The van der Waals surface area contributed by atoms with Crippen molar-refractivity contribution in [2.75, 3.05) is 12.3 Å². The summed E-state index contributed by atoms with van der Waals surface area (Å²) in [4.78, 5) is 11.7. The lowest BCUT2D eigenvalue weighted by Gasteiger charge is -2.29. The van der Waals surface area contributed by atoms with Gasteiger partial charge in [0.15, 0.2) is 0 Å². The Morgan fingerprint density at radius 2 is 2.12 bits per heavy atom. The van der Waals surface area contributed by atoms with Gasteiger partial charge in [-0.1, -0.05) is 0 Å². The van der Waals surface area contributed by atoms with Crippen molar-refractivity contribution in [3.8, 4) is 5.75 Å². The molecule has 1 aliphatic heterocycles. The maximum atomic E-state index is 11.7. The van der Waals surface area contributed by atoms with E-state index in [-0.39, 0.29) is 11.6 Å². The molecule has 0 bridgehead atoms. The molecule has 0 saturated heterocycles. The number of rotatable bonds is 0. The predicted octanol–water partition coefficient (Wildman–Crippen LogP) is 1.99. The second-order valence-electron chi connectivity index (χ2n) is 4.50. The molecule has 1 heterocycles. The van der Waals surface area contributed by atoms with Gasteiger partial charge in [-0.3, -0.25) is 0 Å². The van der Waals surface area contributed by atoms with E-state index in [1.807, 2.05) is 13.8 Å². The first-order chi connectivity index (χ1) is 7.48. The topological polar surface area (TPSA) is 61.5 Å². The largest absolute Gasteiger partial charge is 0.487 e. The molecule has 0 aliphatic carbocycles. The summed E-state index contributed by atoms with van der Waals surface area (Å²) in [7, 11) is 0. The lowest BCUT2D eigenvalue weighted by atomic mass is 10.0. The molecule has 16 heavy (non-hydrogen) atoms. The molecule has 2 N–H and O–H groups in total. The molecule has 4 heteroatoms. The molecular formula is C12H15NO3. The lowest BCUT2D eigenvalue weighted by Crippen LogP contribution is -2.33. The van der Waals surface area contributed by atoms with Gasteiger partial charge in [-0.25, -0.2) is 4.79 Å². The minimum absolute atomic E-state index is 0.342. The number of ether oxygens (including phenoxy) is 2. The van der Waals surface area contributed by atoms with Crippen molar-refractivity contribution in [3.05, 3.63) is 23.8 Å². The van der Waals surface area contributed by atoms with Crippen LogP contribution in [0, 0.1) is 0 Å². The quantitative estimate of drug-likeness (QED) is 0.537.